The molecular formula is C31H30ClFN6O3S. The number of hydrogen-bond acceptors (Lipinski definition) is 5. The Hall–Kier alpha value is -4.06. The van der Waals surface area contributed by atoms with Crippen molar-refractivity contribution in [1.82, 2.24) is 28.8 Å². The van der Waals surface area contributed by atoms with E-state index in [-0.39, 0.29) is 29.7 Å². The molecule has 0 radical (unpaired) electrons. The van der Waals surface area contributed by atoms with Crippen LogP contribution in [-0.4, -0.2) is 69.3 Å². The van der Waals surface area contributed by atoms with Gasteiger partial charge in [-0.15, -0.1) is 5.10 Å². The van der Waals surface area contributed by atoms with E-state index in [2.05, 4.69) is 27.1 Å². The molecule has 0 saturated carbocycles. The van der Waals surface area contributed by atoms with Gasteiger partial charge in [-0.25, -0.2) is 17.5 Å². The lowest BCUT2D eigenvalue weighted by molar-refractivity contribution is -0.132. The van der Waals surface area contributed by atoms with Gasteiger partial charge in [0, 0.05) is 54.7 Å². The maximum absolute atomic E-state index is 13.2. The average Bonchev–Trinajstić information content (AvgIpc) is 3.61. The molecule has 2 aromatic heterocycles. The monoisotopic (exact) mass is 620 g/mol. The molecule has 9 nitrogen and oxygen atoms in total. The molecule has 1 aliphatic rings. The Bertz CT molecular complexity index is 1850. The van der Waals surface area contributed by atoms with Crippen LogP contribution in [0.5, 0.6) is 0 Å². The highest BCUT2D eigenvalue weighted by Crippen LogP contribution is 2.25. The molecule has 3 aromatic carbocycles. The second-order valence-corrected chi connectivity index (χ2v) is 12.9. The van der Waals surface area contributed by atoms with Crippen LogP contribution >= 0.6 is 11.6 Å². The smallest absolute Gasteiger partial charge is 0.243 e. The molecule has 5 aromatic rings. The molecule has 1 aliphatic heterocycles. The van der Waals surface area contributed by atoms with Crippen molar-refractivity contribution in [1.29, 1.82) is 0 Å². The van der Waals surface area contributed by atoms with Crippen LogP contribution in [0.2, 0.25) is 5.02 Å². The summed E-state index contributed by atoms with van der Waals surface area (Å²) < 4.78 is 44.5. The molecule has 0 atom stereocenters. The minimum Gasteiger partial charge on any atom is -0.341 e. The van der Waals surface area contributed by atoms with Gasteiger partial charge in [-0.1, -0.05) is 47.1 Å². The molecular weight excluding hydrogens is 591 g/mol. The third-order valence-electron chi connectivity index (χ3n) is 7.70. The van der Waals surface area contributed by atoms with Crippen molar-refractivity contribution in [2.75, 3.05) is 26.2 Å². The van der Waals surface area contributed by atoms with E-state index in [1.54, 1.807) is 33.8 Å². The average molecular weight is 621 g/mol. The van der Waals surface area contributed by atoms with Gasteiger partial charge in [0.2, 0.25) is 15.9 Å². The van der Waals surface area contributed by atoms with Crippen molar-refractivity contribution in [2.24, 2.45) is 0 Å². The standard InChI is InChI=1S/C31H30ClFN6O3S/c32-25-8-12-28(13-9-25)43(41,42)39-17-15-36(16-18-39)31(40)14-7-24-20-37(30-4-2-1-3-29(24)30)21-27-22-38(35-34-27)19-23-5-10-26(33)11-6-23/h1-6,8-13,20,22H,7,14-19,21H2. The van der Waals surface area contributed by atoms with Crippen LogP contribution in [0.25, 0.3) is 10.9 Å². The Labute approximate surface area is 254 Å². The number of rotatable bonds is 9. The van der Waals surface area contributed by atoms with Crippen molar-refractivity contribution in [3.05, 3.63) is 113 Å². The number of piperazine rings is 1. The van der Waals surface area contributed by atoms with E-state index in [0.29, 0.717) is 44.0 Å². The summed E-state index contributed by atoms with van der Waals surface area (Å²) in [7, 11) is -3.64. The number of hydrogen-bond donors (Lipinski definition) is 0. The zero-order valence-corrected chi connectivity index (χ0v) is 24.9. The number of benzene rings is 3. The summed E-state index contributed by atoms with van der Waals surface area (Å²) >= 11 is 5.91. The van der Waals surface area contributed by atoms with Crippen molar-refractivity contribution in [3.8, 4) is 0 Å². The molecule has 0 unspecified atom stereocenters. The number of amides is 1. The van der Waals surface area contributed by atoms with Crippen molar-refractivity contribution >= 4 is 38.4 Å². The lowest BCUT2D eigenvalue weighted by atomic mass is 10.1. The van der Waals surface area contributed by atoms with E-state index in [0.717, 1.165) is 27.7 Å². The maximum atomic E-state index is 13.2. The molecule has 43 heavy (non-hydrogen) atoms. The van der Waals surface area contributed by atoms with Crippen LogP contribution in [0.1, 0.15) is 23.2 Å². The Morgan fingerprint density at radius 2 is 1.60 bits per heavy atom. The topological polar surface area (TPSA) is 93.3 Å². The second kappa shape index (κ2) is 12.3. The third-order valence-corrected chi connectivity index (χ3v) is 9.86. The van der Waals surface area contributed by atoms with E-state index in [4.69, 9.17) is 11.6 Å². The summed E-state index contributed by atoms with van der Waals surface area (Å²) in [5, 5.41) is 10.1. The first-order valence-electron chi connectivity index (χ1n) is 14.0. The predicted octanol–water partition coefficient (Wildman–Crippen LogP) is 4.59. The summed E-state index contributed by atoms with van der Waals surface area (Å²) in [4.78, 5) is 15.1. The Kier molecular flexibility index (Phi) is 8.29. The van der Waals surface area contributed by atoms with Crippen LogP contribution in [0.4, 0.5) is 4.39 Å². The number of aromatic nitrogens is 4. The second-order valence-electron chi connectivity index (χ2n) is 10.6. The molecule has 0 spiro atoms. The first-order chi connectivity index (χ1) is 20.8. The molecule has 0 aliphatic carbocycles. The van der Waals surface area contributed by atoms with E-state index < -0.39 is 10.0 Å². The number of halogens is 2. The van der Waals surface area contributed by atoms with E-state index >= 15 is 0 Å². The molecule has 3 heterocycles. The van der Waals surface area contributed by atoms with Crippen LogP contribution < -0.4 is 0 Å². The lowest BCUT2D eigenvalue weighted by Crippen LogP contribution is -2.50. The van der Waals surface area contributed by atoms with Crippen molar-refractivity contribution in [3.63, 3.8) is 0 Å². The van der Waals surface area contributed by atoms with Crippen LogP contribution in [0.15, 0.2) is 90.1 Å². The van der Waals surface area contributed by atoms with Crippen LogP contribution in [-0.2, 0) is 34.3 Å². The molecule has 1 saturated heterocycles. The summed E-state index contributed by atoms with van der Waals surface area (Å²) in [5.41, 5.74) is 3.82. The zero-order valence-electron chi connectivity index (χ0n) is 23.3. The number of fused-ring (bicyclic) bond motifs is 1. The summed E-state index contributed by atoms with van der Waals surface area (Å²) in [5.74, 6) is -0.271. The number of aryl methyl sites for hydroxylation is 1. The van der Waals surface area contributed by atoms with E-state index in [9.17, 15) is 17.6 Å². The van der Waals surface area contributed by atoms with Crippen LogP contribution in [0.3, 0.4) is 0 Å². The fraction of sp³-hybridized carbons (Fsp3) is 0.258. The number of carbonyl (C=O) groups excluding carboxylic acids is 1. The van der Waals surface area contributed by atoms with Crippen molar-refractivity contribution in [2.45, 2.75) is 30.8 Å². The summed E-state index contributed by atoms with van der Waals surface area (Å²) in [6, 6.07) is 20.5. The maximum Gasteiger partial charge on any atom is 0.243 e. The molecule has 0 N–H and O–H groups in total. The molecule has 12 heteroatoms. The zero-order chi connectivity index (χ0) is 30.0. The lowest BCUT2D eigenvalue weighted by Gasteiger charge is -2.34. The van der Waals surface area contributed by atoms with Crippen molar-refractivity contribution < 1.29 is 17.6 Å². The highest BCUT2D eigenvalue weighted by molar-refractivity contribution is 7.89. The van der Waals surface area contributed by atoms with Gasteiger partial charge in [-0.2, -0.15) is 4.31 Å². The third kappa shape index (κ3) is 6.48. The largest absolute Gasteiger partial charge is 0.341 e. The van der Waals surface area contributed by atoms with E-state index in [1.165, 1.54) is 28.6 Å². The van der Waals surface area contributed by atoms with Gasteiger partial charge in [0.25, 0.3) is 0 Å². The fourth-order valence-electron chi connectivity index (χ4n) is 5.43. The van der Waals surface area contributed by atoms with Gasteiger partial charge in [0.05, 0.1) is 24.2 Å². The van der Waals surface area contributed by atoms with Gasteiger partial charge >= 0.3 is 0 Å². The molecule has 0 bridgehead atoms. The normalized spacial score (nSPS) is 14.4. The van der Waals surface area contributed by atoms with Gasteiger partial charge in [0.1, 0.15) is 11.5 Å². The first kappa shape index (κ1) is 29.0. The number of nitrogens with zero attached hydrogens (tertiary/aromatic N) is 6. The summed E-state index contributed by atoms with van der Waals surface area (Å²) in [6.07, 6.45) is 4.83. The minimum absolute atomic E-state index is 0.00380. The first-order valence-corrected chi connectivity index (χ1v) is 15.8. The Morgan fingerprint density at radius 3 is 2.35 bits per heavy atom. The van der Waals surface area contributed by atoms with E-state index in [1.807, 2.05) is 24.4 Å². The number of carbonyl (C=O) groups is 1. The SMILES string of the molecule is O=C(CCc1cn(Cc2cn(Cc3ccc(F)cc3)nn2)c2ccccc12)N1CCN(S(=O)(=O)c2ccc(Cl)cc2)CC1. The fourth-order valence-corrected chi connectivity index (χ4v) is 6.97. The minimum atomic E-state index is -3.64. The molecule has 1 fully saturated rings. The predicted molar refractivity (Wildman–Crippen MR) is 162 cm³/mol. The number of para-hydroxylation sites is 1. The highest BCUT2D eigenvalue weighted by Gasteiger charge is 2.30. The molecule has 6 rings (SSSR count). The summed E-state index contributed by atoms with van der Waals surface area (Å²) in [6.45, 7) is 2.20. The highest BCUT2D eigenvalue weighted by atomic mass is 35.5. The number of sulfonamides is 1. The quantitative estimate of drug-likeness (QED) is 0.240. The van der Waals surface area contributed by atoms with Gasteiger partial charge in [0.15, 0.2) is 0 Å². The van der Waals surface area contributed by atoms with Crippen LogP contribution in [0, 0.1) is 5.82 Å². The van der Waals surface area contributed by atoms with Gasteiger partial charge in [-0.05, 0) is 60.0 Å². The molecule has 1 amide bonds. The molecule has 222 valence electrons. The van der Waals surface area contributed by atoms with Gasteiger partial charge in [-0.3, -0.25) is 4.79 Å². The Morgan fingerprint density at radius 1 is 0.884 bits per heavy atom. The Balaban J connectivity index is 1.07. The van der Waals surface area contributed by atoms with Gasteiger partial charge < -0.3 is 9.47 Å².